The second kappa shape index (κ2) is 8.02. The fourth-order valence-corrected chi connectivity index (χ4v) is 1.63. The highest BCUT2D eigenvalue weighted by Gasteiger charge is 2.20. The molecule has 1 N–H and O–H groups in total. The SMILES string of the molecule is CCN(CC(=O)OC)C(=O)c1cc(C#CCO)ccc1F. The first-order valence-corrected chi connectivity index (χ1v) is 6.28. The Morgan fingerprint density at radius 3 is 2.71 bits per heavy atom. The molecular weight excluding hydrogens is 277 g/mol. The normalized spacial score (nSPS) is 9.52. The van der Waals surface area contributed by atoms with E-state index < -0.39 is 17.7 Å². The number of aliphatic hydroxyl groups excluding tert-OH is 1. The van der Waals surface area contributed by atoms with Crippen LogP contribution in [0.15, 0.2) is 18.2 Å². The monoisotopic (exact) mass is 293 g/mol. The number of methoxy groups -OCH3 is 1. The summed E-state index contributed by atoms with van der Waals surface area (Å²) in [6.07, 6.45) is 0. The van der Waals surface area contributed by atoms with Crippen LogP contribution in [0.3, 0.4) is 0 Å². The number of nitrogens with zero attached hydrogens (tertiary/aromatic N) is 1. The molecule has 1 rings (SSSR count). The number of likely N-dealkylation sites (N-methyl/N-ethyl adjacent to an activating group) is 1. The Balaban J connectivity index is 3.06. The molecule has 0 spiro atoms. The van der Waals surface area contributed by atoms with Gasteiger partial charge >= 0.3 is 5.97 Å². The summed E-state index contributed by atoms with van der Waals surface area (Å²) in [7, 11) is 1.21. The summed E-state index contributed by atoms with van der Waals surface area (Å²) in [5.74, 6) is 3.12. The second-order valence-electron chi connectivity index (χ2n) is 4.05. The van der Waals surface area contributed by atoms with Crippen LogP contribution in [0, 0.1) is 17.7 Å². The highest BCUT2D eigenvalue weighted by atomic mass is 19.1. The van der Waals surface area contributed by atoms with Gasteiger partial charge < -0.3 is 14.7 Å². The molecule has 0 saturated carbocycles. The van der Waals surface area contributed by atoms with Crippen LogP contribution in [0.4, 0.5) is 4.39 Å². The third-order valence-electron chi connectivity index (χ3n) is 2.73. The fourth-order valence-electron chi connectivity index (χ4n) is 1.63. The second-order valence-corrected chi connectivity index (χ2v) is 4.05. The average molecular weight is 293 g/mol. The van der Waals surface area contributed by atoms with Crippen LogP contribution in [0.5, 0.6) is 0 Å². The van der Waals surface area contributed by atoms with Crippen molar-refractivity contribution in [2.75, 3.05) is 26.8 Å². The van der Waals surface area contributed by atoms with Crippen LogP contribution in [0.25, 0.3) is 0 Å². The number of amides is 1. The lowest BCUT2D eigenvalue weighted by Gasteiger charge is -2.19. The number of carbonyl (C=O) groups is 2. The quantitative estimate of drug-likeness (QED) is 0.659. The van der Waals surface area contributed by atoms with Gasteiger partial charge in [0.2, 0.25) is 0 Å². The Hall–Kier alpha value is -2.39. The van der Waals surface area contributed by atoms with E-state index in [4.69, 9.17) is 5.11 Å². The number of ether oxygens (including phenoxy) is 1. The molecule has 1 aromatic carbocycles. The maximum absolute atomic E-state index is 13.8. The van der Waals surface area contributed by atoms with Crippen LogP contribution in [-0.4, -0.2) is 48.7 Å². The molecule has 0 aliphatic rings. The lowest BCUT2D eigenvalue weighted by molar-refractivity contribution is -0.141. The van der Waals surface area contributed by atoms with Crippen molar-refractivity contribution in [1.29, 1.82) is 0 Å². The number of hydrogen-bond acceptors (Lipinski definition) is 4. The van der Waals surface area contributed by atoms with Crippen LogP contribution >= 0.6 is 0 Å². The van der Waals surface area contributed by atoms with Gasteiger partial charge in [0.1, 0.15) is 19.0 Å². The van der Waals surface area contributed by atoms with Crippen molar-refractivity contribution in [1.82, 2.24) is 4.90 Å². The zero-order chi connectivity index (χ0) is 15.8. The van der Waals surface area contributed by atoms with Gasteiger partial charge in [-0.15, -0.1) is 0 Å². The van der Waals surface area contributed by atoms with E-state index in [0.717, 1.165) is 6.07 Å². The third kappa shape index (κ3) is 4.58. The van der Waals surface area contributed by atoms with Gasteiger partial charge in [-0.2, -0.15) is 0 Å². The number of rotatable bonds is 4. The minimum Gasteiger partial charge on any atom is -0.468 e. The standard InChI is InChI=1S/C15H16FNO4/c1-3-17(10-14(19)21-2)15(20)12-9-11(5-4-8-18)6-7-13(12)16/h6-7,9,18H,3,8,10H2,1-2H3. The van der Waals surface area contributed by atoms with Crippen molar-refractivity contribution in [2.45, 2.75) is 6.92 Å². The van der Waals surface area contributed by atoms with Crippen molar-refractivity contribution in [3.8, 4) is 11.8 Å². The molecule has 6 heteroatoms. The van der Waals surface area contributed by atoms with Crippen LogP contribution in [-0.2, 0) is 9.53 Å². The summed E-state index contributed by atoms with van der Waals surface area (Å²) in [6.45, 7) is 1.33. The fraction of sp³-hybridized carbons (Fsp3) is 0.333. The molecule has 0 radical (unpaired) electrons. The maximum atomic E-state index is 13.8. The zero-order valence-corrected chi connectivity index (χ0v) is 11.9. The number of aliphatic hydroxyl groups is 1. The van der Waals surface area contributed by atoms with E-state index in [0.29, 0.717) is 5.56 Å². The molecule has 5 nitrogen and oxygen atoms in total. The molecule has 0 aromatic heterocycles. The van der Waals surface area contributed by atoms with E-state index in [1.807, 2.05) is 0 Å². The topological polar surface area (TPSA) is 66.8 Å². The van der Waals surface area contributed by atoms with E-state index in [2.05, 4.69) is 16.6 Å². The number of esters is 1. The van der Waals surface area contributed by atoms with Gasteiger partial charge in [0.25, 0.3) is 5.91 Å². The van der Waals surface area contributed by atoms with Crippen molar-refractivity contribution >= 4 is 11.9 Å². The maximum Gasteiger partial charge on any atom is 0.325 e. The average Bonchev–Trinajstić information content (AvgIpc) is 2.50. The van der Waals surface area contributed by atoms with E-state index in [1.54, 1.807) is 6.92 Å². The third-order valence-corrected chi connectivity index (χ3v) is 2.73. The number of benzene rings is 1. The lowest BCUT2D eigenvalue weighted by Crippen LogP contribution is -2.36. The molecule has 0 saturated heterocycles. The number of halogens is 1. The Morgan fingerprint density at radius 2 is 2.14 bits per heavy atom. The molecule has 1 amide bonds. The highest BCUT2D eigenvalue weighted by Crippen LogP contribution is 2.13. The minimum atomic E-state index is -0.696. The summed E-state index contributed by atoms with van der Waals surface area (Å²) < 4.78 is 18.3. The molecule has 112 valence electrons. The van der Waals surface area contributed by atoms with Crippen LogP contribution in [0.2, 0.25) is 0 Å². The van der Waals surface area contributed by atoms with Gasteiger partial charge in [-0.3, -0.25) is 9.59 Å². The predicted octanol–water partition coefficient (Wildman–Crippen LogP) is 0.805. The Labute approximate surface area is 122 Å². The number of hydrogen-bond donors (Lipinski definition) is 1. The molecule has 0 aliphatic carbocycles. The van der Waals surface area contributed by atoms with E-state index >= 15 is 0 Å². The van der Waals surface area contributed by atoms with E-state index in [-0.39, 0.29) is 25.3 Å². The molecule has 0 aliphatic heterocycles. The van der Waals surface area contributed by atoms with E-state index in [9.17, 15) is 14.0 Å². The molecule has 0 bridgehead atoms. The summed E-state index contributed by atoms with van der Waals surface area (Å²) in [6, 6.07) is 3.83. The largest absolute Gasteiger partial charge is 0.468 e. The Bertz CT molecular complexity index is 589. The zero-order valence-electron chi connectivity index (χ0n) is 11.9. The minimum absolute atomic E-state index is 0.175. The Morgan fingerprint density at radius 1 is 1.43 bits per heavy atom. The Kier molecular flexibility index (Phi) is 6.37. The molecule has 21 heavy (non-hydrogen) atoms. The van der Waals surface area contributed by atoms with Crippen LogP contribution < -0.4 is 0 Å². The first-order chi connectivity index (χ1) is 10.0. The van der Waals surface area contributed by atoms with Crippen molar-refractivity contribution in [2.24, 2.45) is 0 Å². The first kappa shape index (κ1) is 16.7. The van der Waals surface area contributed by atoms with Gasteiger partial charge in [0.05, 0.1) is 12.7 Å². The lowest BCUT2D eigenvalue weighted by atomic mass is 10.1. The van der Waals surface area contributed by atoms with Crippen LogP contribution in [0.1, 0.15) is 22.8 Å². The van der Waals surface area contributed by atoms with Gasteiger partial charge in [0.15, 0.2) is 0 Å². The predicted molar refractivity (Wildman–Crippen MR) is 74.0 cm³/mol. The smallest absolute Gasteiger partial charge is 0.325 e. The van der Waals surface area contributed by atoms with Crippen molar-refractivity contribution < 1.29 is 23.8 Å². The molecule has 1 aromatic rings. The molecule has 0 unspecified atom stereocenters. The molecule has 0 atom stereocenters. The van der Waals surface area contributed by atoms with Gasteiger partial charge in [-0.05, 0) is 25.1 Å². The summed E-state index contributed by atoms with van der Waals surface area (Å²) in [5.41, 5.74) is 0.230. The van der Waals surface area contributed by atoms with E-state index in [1.165, 1.54) is 24.1 Å². The summed E-state index contributed by atoms with van der Waals surface area (Å²) in [4.78, 5) is 24.7. The molecule has 0 heterocycles. The number of carbonyl (C=O) groups excluding carboxylic acids is 2. The summed E-state index contributed by atoms with van der Waals surface area (Å²) in [5, 5.41) is 8.64. The van der Waals surface area contributed by atoms with Gasteiger partial charge in [-0.25, -0.2) is 4.39 Å². The van der Waals surface area contributed by atoms with Gasteiger partial charge in [0, 0.05) is 12.1 Å². The highest BCUT2D eigenvalue weighted by molar-refractivity contribution is 5.96. The molecular formula is C15H16FNO4. The molecule has 0 fully saturated rings. The van der Waals surface area contributed by atoms with Crippen molar-refractivity contribution in [3.63, 3.8) is 0 Å². The van der Waals surface area contributed by atoms with Gasteiger partial charge in [-0.1, -0.05) is 11.8 Å². The first-order valence-electron chi connectivity index (χ1n) is 6.28. The summed E-state index contributed by atoms with van der Waals surface area (Å²) >= 11 is 0. The van der Waals surface area contributed by atoms with Crippen molar-refractivity contribution in [3.05, 3.63) is 35.1 Å².